The van der Waals surface area contributed by atoms with Gasteiger partial charge in [-0.15, -0.1) is 0 Å². The number of anilines is 2. The molecule has 1 N–H and O–H groups in total. The average Bonchev–Trinajstić information content (AvgIpc) is 2.72. The SMILES string of the molecule is Cc1cccc(N(C(C)C(=O)NCc2ccc(N3CCN(C)CC3)cc2)S(C)(=O)=O)c1. The summed E-state index contributed by atoms with van der Waals surface area (Å²) in [5.74, 6) is -0.338. The summed E-state index contributed by atoms with van der Waals surface area (Å²) >= 11 is 0. The largest absolute Gasteiger partial charge is 0.369 e. The molecule has 1 aliphatic rings. The normalized spacial score (nSPS) is 16.1. The van der Waals surface area contributed by atoms with Crippen molar-refractivity contribution in [3.63, 3.8) is 0 Å². The molecule has 0 saturated carbocycles. The summed E-state index contributed by atoms with van der Waals surface area (Å²) in [5, 5.41) is 2.88. The van der Waals surface area contributed by atoms with Crippen LogP contribution in [0.4, 0.5) is 11.4 Å². The fourth-order valence-electron chi connectivity index (χ4n) is 3.80. The number of hydrogen-bond acceptors (Lipinski definition) is 5. The third-order valence-corrected chi connectivity index (χ3v) is 6.86. The van der Waals surface area contributed by atoms with Crippen LogP contribution in [0.5, 0.6) is 0 Å². The van der Waals surface area contributed by atoms with Crippen molar-refractivity contribution in [3.8, 4) is 0 Å². The maximum absolute atomic E-state index is 12.8. The highest BCUT2D eigenvalue weighted by Gasteiger charge is 2.29. The standard InChI is InChI=1S/C23H32N4O3S/c1-18-6-5-7-22(16-18)27(31(4,29)30)19(2)23(28)24-17-20-8-10-21(11-9-20)26-14-12-25(3)13-15-26/h5-11,16,19H,12-15,17H2,1-4H3,(H,24,28). The quantitative estimate of drug-likeness (QED) is 0.709. The number of amides is 1. The molecule has 1 heterocycles. The van der Waals surface area contributed by atoms with Crippen LogP contribution in [0.3, 0.4) is 0 Å². The highest BCUT2D eigenvalue weighted by atomic mass is 32.2. The van der Waals surface area contributed by atoms with Crippen LogP contribution in [0.2, 0.25) is 0 Å². The monoisotopic (exact) mass is 444 g/mol. The molecule has 1 aliphatic heterocycles. The van der Waals surface area contributed by atoms with Crippen molar-refractivity contribution in [2.24, 2.45) is 0 Å². The summed E-state index contributed by atoms with van der Waals surface area (Å²) in [7, 11) is -1.49. The van der Waals surface area contributed by atoms with Gasteiger partial charge in [0.1, 0.15) is 6.04 Å². The van der Waals surface area contributed by atoms with Crippen molar-refractivity contribution < 1.29 is 13.2 Å². The van der Waals surface area contributed by atoms with E-state index in [4.69, 9.17) is 0 Å². The number of carbonyl (C=O) groups is 1. The number of sulfonamides is 1. The fraction of sp³-hybridized carbons (Fsp3) is 0.435. The van der Waals surface area contributed by atoms with Gasteiger partial charge < -0.3 is 15.1 Å². The number of hydrogen-bond donors (Lipinski definition) is 1. The first-order valence-corrected chi connectivity index (χ1v) is 12.4. The first kappa shape index (κ1) is 23.1. The molecule has 1 fully saturated rings. The topological polar surface area (TPSA) is 73.0 Å². The van der Waals surface area contributed by atoms with Crippen molar-refractivity contribution >= 4 is 27.3 Å². The molecule has 2 aromatic rings. The summed E-state index contributed by atoms with van der Waals surface area (Å²) in [6.45, 7) is 7.95. The molecule has 1 amide bonds. The second-order valence-electron chi connectivity index (χ2n) is 8.25. The summed E-state index contributed by atoms with van der Waals surface area (Å²) in [4.78, 5) is 17.5. The number of nitrogens with one attached hydrogen (secondary N) is 1. The van der Waals surface area contributed by atoms with Gasteiger partial charge in [0.2, 0.25) is 15.9 Å². The molecule has 8 heteroatoms. The molecular formula is C23H32N4O3S. The summed E-state index contributed by atoms with van der Waals surface area (Å²) in [6.07, 6.45) is 1.12. The first-order valence-electron chi connectivity index (χ1n) is 10.5. The second-order valence-corrected chi connectivity index (χ2v) is 10.1. The lowest BCUT2D eigenvalue weighted by Gasteiger charge is -2.34. The van der Waals surface area contributed by atoms with E-state index in [1.165, 1.54) is 9.99 Å². The molecule has 1 unspecified atom stereocenters. The minimum absolute atomic E-state index is 0.338. The van der Waals surface area contributed by atoms with Gasteiger partial charge in [0, 0.05) is 38.4 Å². The van der Waals surface area contributed by atoms with Gasteiger partial charge in [-0.3, -0.25) is 9.10 Å². The Balaban J connectivity index is 1.63. The maximum Gasteiger partial charge on any atom is 0.243 e. The van der Waals surface area contributed by atoms with Gasteiger partial charge in [-0.25, -0.2) is 8.42 Å². The van der Waals surface area contributed by atoms with Crippen molar-refractivity contribution in [1.29, 1.82) is 0 Å². The number of carbonyl (C=O) groups excluding carboxylic acids is 1. The molecule has 0 aliphatic carbocycles. The van der Waals surface area contributed by atoms with Crippen LogP contribution in [0.25, 0.3) is 0 Å². The van der Waals surface area contributed by atoms with Crippen LogP contribution in [0.1, 0.15) is 18.1 Å². The zero-order valence-electron chi connectivity index (χ0n) is 18.7. The Hall–Kier alpha value is -2.58. The van der Waals surface area contributed by atoms with Crippen LogP contribution in [-0.2, 0) is 21.4 Å². The Labute approximate surface area is 185 Å². The summed E-state index contributed by atoms with van der Waals surface area (Å²) in [5.41, 5.74) is 3.57. The Morgan fingerprint density at radius 1 is 1.10 bits per heavy atom. The van der Waals surface area contributed by atoms with Gasteiger partial charge >= 0.3 is 0 Å². The third kappa shape index (κ3) is 5.98. The molecule has 3 rings (SSSR count). The molecule has 1 saturated heterocycles. The third-order valence-electron chi connectivity index (χ3n) is 5.62. The number of benzene rings is 2. The van der Waals surface area contributed by atoms with Gasteiger partial charge in [-0.1, -0.05) is 24.3 Å². The Kier molecular flexibility index (Phi) is 7.23. The molecule has 0 radical (unpaired) electrons. The molecule has 31 heavy (non-hydrogen) atoms. The van der Waals surface area contributed by atoms with E-state index in [0.29, 0.717) is 12.2 Å². The lowest BCUT2D eigenvalue weighted by Crippen LogP contribution is -2.47. The van der Waals surface area contributed by atoms with E-state index in [9.17, 15) is 13.2 Å². The fourth-order valence-corrected chi connectivity index (χ4v) is 4.97. The summed E-state index contributed by atoms with van der Waals surface area (Å²) in [6, 6.07) is 14.5. The second kappa shape index (κ2) is 9.70. The van der Waals surface area contributed by atoms with Crippen LogP contribution in [-0.4, -0.2) is 64.7 Å². The Bertz CT molecular complexity index is 1000. The minimum atomic E-state index is -3.62. The zero-order valence-corrected chi connectivity index (χ0v) is 19.5. The van der Waals surface area contributed by atoms with Crippen molar-refractivity contribution in [1.82, 2.24) is 10.2 Å². The van der Waals surface area contributed by atoms with E-state index < -0.39 is 16.1 Å². The molecule has 0 spiro atoms. The Morgan fingerprint density at radius 2 is 1.74 bits per heavy atom. The number of aryl methyl sites for hydroxylation is 1. The number of likely N-dealkylation sites (N-methyl/N-ethyl adjacent to an activating group) is 1. The van der Waals surface area contributed by atoms with E-state index in [2.05, 4.69) is 34.3 Å². The van der Waals surface area contributed by atoms with Crippen molar-refractivity contribution in [3.05, 3.63) is 59.7 Å². The van der Waals surface area contributed by atoms with E-state index in [-0.39, 0.29) is 5.91 Å². The lowest BCUT2D eigenvalue weighted by atomic mass is 10.1. The van der Waals surface area contributed by atoms with Gasteiger partial charge in [-0.2, -0.15) is 0 Å². The highest BCUT2D eigenvalue weighted by Crippen LogP contribution is 2.22. The predicted molar refractivity (Wildman–Crippen MR) is 126 cm³/mol. The van der Waals surface area contributed by atoms with E-state index in [0.717, 1.165) is 43.6 Å². The predicted octanol–water partition coefficient (Wildman–Crippen LogP) is 2.22. The van der Waals surface area contributed by atoms with Crippen LogP contribution < -0.4 is 14.5 Å². The summed E-state index contributed by atoms with van der Waals surface area (Å²) < 4.78 is 26.0. The minimum Gasteiger partial charge on any atom is -0.369 e. The molecule has 2 aromatic carbocycles. The first-order chi connectivity index (χ1) is 14.6. The Morgan fingerprint density at radius 3 is 2.32 bits per heavy atom. The maximum atomic E-state index is 12.8. The number of nitrogens with zero attached hydrogens (tertiary/aromatic N) is 3. The molecule has 7 nitrogen and oxygen atoms in total. The van der Waals surface area contributed by atoms with E-state index in [1.807, 2.05) is 25.1 Å². The van der Waals surface area contributed by atoms with E-state index in [1.54, 1.807) is 25.1 Å². The van der Waals surface area contributed by atoms with Crippen LogP contribution >= 0.6 is 0 Å². The van der Waals surface area contributed by atoms with Gasteiger partial charge in [-0.05, 0) is 56.3 Å². The van der Waals surface area contributed by atoms with Gasteiger partial charge in [0.05, 0.1) is 11.9 Å². The molecule has 1 atom stereocenters. The highest BCUT2D eigenvalue weighted by molar-refractivity contribution is 7.92. The van der Waals surface area contributed by atoms with Crippen molar-refractivity contribution in [2.45, 2.75) is 26.4 Å². The molecule has 168 valence electrons. The number of rotatable bonds is 7. The average molecular weight is 445 g/mol. The zero-order chi connectivity index (χ0) is 22.6. The molecule has 0 bridgehead atoms. The smallest absolute Gasteiger partial charge is 0.243 e. The number of piperazine rings is 1. The molecular weight excluding hydrogens is 412 g/mol. The van der Waals surface area contributed by atoms with Gasteiger partial charge in [0.25, 0.3) is 0 Å². The van der Waals surface area contributed by atoms with Gasteiger partial charge in [0.15, 0.2) is 0 Å². The van der Waals surface area contributed by atoms with Crippen LogP contribution in [0.15, 0.2) is 48.5 Å². The molecule has 0 aromatic heterocycles. The van der Waals surface area contributed by atoms with Crippen molar-refractivity contribution in [2.75, 3.05) is 48.7 Å². The lowest BCUT2D eigenvalue weighted by molar-refractivity contribution is -0.122. The van der Waals surface area contributed by atoms with E-state index >= 15 is 0 Å². The van der Waals surface area contributed by atoms with Crippen LogP contribution in [0, 0.1) is 6.92 Å².